The van der Waals surface area contributed by atoms with E-state index >= 15 is 0 Å². The monoisotopic (exact) mass is 175 g/mol. The number of hydrogen-bond acceptors (Lipinski definition) is 3. The number of rotatable bonds is 5. The summed E-state index contributed by atoms with van der Waals surface area (Å²) >= 11 is 0. The molecule has 1 atom stereocenters. The predicted octanol–water partition coefficient (Wildman–Crippen LogP) is -0.138. The van der Waals surface area contributed by atoms with Crippen molar-refractivity contribution in [1.82, 2.24) is 4.90 Å². The van der Waals surface area contributed by atoms with Crippen molar-refractivity contribution in [2.24, 2.45) is 0 Å². The average Bonchev–Trinajstić information content (AvgIpc) is 2.11. The molecule has 0 spiro atoms. The van der Waals surface area contributed by atoms with Crippen LogP contribution in [-0.2, 0) is 9.53 Å². The summed E-state index contributed by atoms with van der Waals surface area (Å²) in [4.78, 5) is 12.8. The molecule has 1 amide bonds. The van der Waals surface area contributed by atoms with Gasteiger partial charge in [0.1, 0.15) is 0 Å². The summed E-state index contributed by atoms with van der Waals surface area (Å²) < 4.78 is 4.77. The SMILES string of the molecule is COCCC(=O)N(C)C(C)CO. The van der Waals surface area contributed by atoms with Crippen molar-refractivity contribution >= 4 is 5.91 Å². The minimum Gasteiger partial charge on any atom is -0.394 e. The number of aliphatic hydroxyl groups is 1. The van der Waals surface area contributed by atoms with Gasteiger partial charge in [0.15, 0.2) is 0 Å². The first-order chi connectivity index (χ1) is 5.63. The van der Waals surface area contributed by atoms with Crippen LogP contribution in [0.4, 0.5) is 0 Å². The predicted molar refractivity (Wildman–Crippen MR) is 45.8 cm³/mol. The Balaban J connectivity index is 3.75. The minimum atomic E-state index is -0.116. The third kappa shape index (κ3) is 3.69. The quantitative estimate of drug-likeness (QED) is 0.633. The summed E-state index contributed by atoms with van der Waals surface area (Å²) in [6.45, 7) is 2.22. The van der Waals surface area contributed by atoms with E-state index in [1.807, 2.05) is 0 Å². The van der Waals surface area contributed by atoms with Crippen LogP contribution in [0.3, 0.4) is 0 Å². The van der Waals surface area contributed by atoms with E-state index in [1.54, 1.807) is 21.1 Å². The number of aliphatic hydroxyl groups excluding tert-OH is 1. The van der Waals surface area contributed by atoms with Gasteiger partial charge in [0.2, 0.25) is 5.91 Å². The smallest absolute Gasteiger partial charge is 0.224 e. The molecule has 0 saturated carbocycles. The zero-order valence-electron chi connectivity index (χ0n) is 7.91. The first-order valence-electron chi connectivity index (χ1n) is 3.99. The molecule has 72 valence electrons. The van der Waals surface area contributed by atoms with Crippen LogP contribution in [0.25, 0.3) is 0 Å². The van der Waals surface area contributed by atoms with Crippen molar-refractivity contribution in [3.05, 3.63) is 0 Å². The second kappa shape index (κ2) is 5.97. The number of methoxy groups -OCH3 is 1. The van der Waals surface area contributed by atoms with E-state index in [9.17, 15) is 4.79 Å². The van der Waals surface area contributed by atoms with Crippen molar-refractivity contribution in [3.8, 4) is 0 Å². The number of likely N-dealkylation sites (N-methyl/N-ethyl adjacent to an activating group) is 1. The standard InChI is InChI=1S/C8H17NO3/c1-7(6-10)9(2)8(11)4-5-12-3/h7,10H,4-6H2,1-3H3. The van der Waals surface area contributed by atoms with Crippen LogP contribution in [0, 0.1) is 0 Å². The Morgan fingerprint density at radius 1 is 1.67 bits per heavy atom. The van der Waals surface area contributed by atoms with Crippen LogP contribution >= 0.6 is 0 Å². The summed E-state index contributed by atoms with van der Waals surface area (Å²) in [5.41, 5.74) is 0. The summed E-state index contributed by atoms with van der Waals surface area (Å²) in [5.74, 6) is -0.00148. The third-order valence-corrected chi connectivity index (χ3v) is 1.84. The van der Waals surface area contributed by atoms with Gasteiger partial charge in [-0.3, -0.25) is 4.79 Å². The highest BCUT2D eigenvalue weighted by atomic mass is 16.5. The molecule has 4 heteroatoms. The molecule has 0 aromatic rings. The Labute approximate surface area is 73.1 Å². The lowest BCUT2D eigenvalue weighted by molar-refractivity contribution is -0.133. The number of ether oxygens (including phenoxy) is 1. The van der Waals surface area contributed by atoms with E-state index < -0.39 is 0 Å². The van der Waals surface area contributed by atoms with E-state index in [4.69, 9.17) is 9.84 Å². The molecular weight excluding hydrogens is 158 g/mol. The number of nitrogens with zero attached hydrogens (tertiary/aromatic N) is 1. The average molecular weight is 175 g/mol. The fourth-order valence-corrected chi connectivity index (χ4v) is 0.734. The van der Waals surface area contributed by atoms with Gasteiger partial charge < -0.3 is 14.7 Å². The molecule has 12 heavy (non-hydrogen) atoms. The fraction of sp³-hybridized carbons (Fsp3) is 0.875. The number of hydrogen-bond donors (Lipinski definition) is 1. The maximum atomic E-state index is 11.2. The molecule has 0 aliphatic carbocycles. The number of carbonyl (C=O) groups excluding carboxylic acids is 1. The Morgan fingerprint density at radius 2 is 2.25 bits per heavy atom. The Morgan fingerprint density at radius 3 is 2.67 bits per heavy atom. The maximum Gasteiger partial charge on any atom is 0.224 e. The fourth-order valence-electron chi connectivity index (χ4n) is 0.734. The van der Waals surface area contributed by atoms with Crippen LogP contribution in [0.2, 0.25) is 0 Å². The molecule has 0 rings (SSSR count). The summed E-state index contributed by atoms with van der Waals surface area (Å²) in [7, 11) is 3.24. The molecule has 4 nitrogen and oxygen atoms in total. The second-order valence-corrected chi connectivity index (χ2v) is 2.78. The van der Waals surface area contributed by atoms with Gasteiger partial charge in [0.05, 0.1) is 25.7 Å². The van der Waals surface area contributed by atoms with Crippen molar-refractivity contribution in [1.29, 1.82) is 0 Å². The third-order valence-electron chi connectivity index (χ3n) is 1.84. The topological polar surface area (TPSA) is 49.8 Å². The van der Waals surface area contributed by atoms with Gasteiger partial charge in [-0.25, -0.2) is 0 Å². The van der Waals surface area contributed by atoms with Crippen LogP contribution in [0.5, 0.6) is 0 Å². The van der Waals surface area contributed by atoms with Crippen LogP contribution in [0.15, 0.2) is 0 Å². The highest BCUT2D eigenvalue weighted by molar-refractivity contribution is 5.76. The van der Waals surface area contributed by atoms with Gasteiger partial charge in [0.25, 0.3) is 0 Å². The van der Waals surface area contributed by atoms with Crippen molar-refractivity contribution in [2.45, 2.75) is 19.4 Å². The molecule has 0 aliphatic heterocycles. The normalized spacial score (nSPS) is 12.7. The molecule has 0 aromatic carbocycles. The van der Waals surface area contributed by atoms with E-state index in [-0.39, 0.29) is 18.6 Å². The van der Waals surface area contributed by atoms with E-state index in [0.717, 1.165) is 0 Å². The molecule has 0 heterocycles. The number of carbonyl (C=O) groups is 1. The van der Waals surface area contributed by atoms with Gasteiger partial charge in [-0.05, 0) is 6.92 Å². The molecule has 0 aromatic heterocycles. The molecule has 0 saturated heterocycles. The molecule has 0 aliphatic rings. The lowest BCUT2D eigenvalue weighted by Crippen LogP contribution is -2.37. The van der Waals surface area contributed by atoms with Gasteiger partial charge in [-0.15, -0.1) is 0 Å². The van der Waals surface area contributed by atoms with E-state index in [2.05, 4.69) is 0 Å². The molecule has 1 unspecified atom stereocenters. The first kappa shape index (κ1) is 11.4. The van der Waals surface area contributed by atoms with E-state index in [1.165, 1.54) is 4.90 Å². The van der Waals surface area contributed by atoms with Gasteiger partial charge >= 0.3 is 0 Å². The highest BCUT2D eigenvalue weighted by Crippen LogP contribution is 1.97. The lowest BCUT2D eigenvalue weighted by atomic mass is 10.3. The largest absolute Gasteiger partial charge is 0.394 e. The van der Waals surface area contributed by atoms with Crippen LogP contribution in [-0.4, -0.2) is 49.3 Å². The zero-order valence-corrected chi connectivity index (χ0v) is 7.91. The Hall–Kier alpha value is -0.610. The molecule has 0 bridgehead atoms. The Kier molecular flexibility index (Phi) is 5.66. The van der Waals surface area contributed by atoms with Crippen LogP contribution < -0.4 is 0 Å². The summed E-state index contributed by atoms with van der Waals surface area (Å²) in [6, 6.07) is -0.116. The molecule has 0 fully saturated rings. The van der Waals surface area contributed by atoms with Gasteiger partial charge in [0, 0.05) is 14.2 Å². The second-order valence-electron chi connectivity index (χ2n) is 2.78. The summed E-state index contributed by atoms with van der Waals surface area (Å²) in [5, 5.41) is 8.75. The van der Waals surface area contributed by atoms with Crippen molar-refractivity contribution < 1.29 is 14.6 Å². The van der Waals surface area contributed by atoms with Crippen molar-refractivity contribution in [3.63, 3.8) is 0 Å². The van der Waals surface area contributed by atoms with E-state index in [0.29, 0.717) is 13.0 Å². The maximum absolute atomic E-state index is 11.2. The van der Waals surface area contributed by atoms with Crippen LogP contribution in [0.1, 0.15) is 13.3 Å². The lowest BCUT2D eigenvalue weighted by Gasteiger charge is -2.22. The first-order valence-corrected chi connectivity index (χ1v) is 3.99. The molecular formula is C8H17NO3. The van der Waals surface area contributed by atoms with Gasteiger partial charge in [-0.1, -0.05) is 0 Å². The summed E-state index contributed by atoms with van der Waals surface area (Å²) in [6.07, 6.45) is 0.372. The minimum absolute atomic E-state index is 0.00148. The van der Waals surface area contributed by atoms with Gasteiger partial charge in [-0.2, -0.15) is 0 Å². The zero-order chi connectivity index (χ0) is 9.56. The molecule has 1 N–H and O–H groups in total. The van der Waals surface area contributed by atoms with Crippen molar-refractivity contribution in [2.75, 3.05) is 27.4 Å². The Bertz CT molecular complexity index is 138. The molecule has 0 radical (unpaired) electrons. The number of amides is 1. The highest BCUT2D eigenvalue weighted by Gasteiger charge is 2.13.